The van der Waals surface area contributed by atoms with Crippen LogP contribution in [-0.4, -0.2) is 16.8 Å². The van der Waals surface area contributed by atoms with Crippen LogP contribution >= 0.6 is 0 Å². The molecule has 0 fully saturated rings. The molecular formula is C14H16F3N3. The van der Waals surface area contributed by atoms with E-state index in [1.165, 1.54) is 12.1 Å². The van der Waals surface area contributed by atoms with Crippen molar-refractivity contribution < 1.29 is 13.2 Å². The quantitative estimate of drug-likeness (QED) is 0.935. The van der Waals surface area contributed by atoms with Gasteiger partial charge in [0.25, 0.3) is 0 Å². The van der Waals surface area contributed by atoms with Crippen LogP contribution in [0.15, 0.2) is 36.7 Å². The molecule has 0 bridgehead atoms. The van der Waals surface area contributed by atoms with E-state index in [4.69, 9.17) is 0 Å². The second-order valence-electron chi connectivity index (χ2n) is 4.69. The third-order valence-corrected chi connectivity index (χ3v) is 3.20. The summed E-state index contributed by atoms with van der Waals surface area (Å²) in [5.74, 6) is 0. The first-order valence-electron chi connectivity index (χ1n) is 6.22. The zero-order valence-corrected chi connectivity index (χ0v) is 11.3. The molecule has 6 heteroatoms. The van der Waals surface area contributed by atoms with Crippen molar-refractivity contribution >= 4 is 0 Å². The van der Waals surface area contributed by atoms with Gasteiger partial charge in [0, 0.05) is 24.8 Å². The number of likely N-dealkylation sites (N-methyl/N-ethyl adjacent to an activating group) is 1. The van der Waals surface area contributed by atoms with Gasteiger partial charge in [0.1, 0.15) is 0 Å². The molecule has 0 aliphatic rings. The molecule has 0 saturated carbocycles. The number of nitrogens with zero attached hydrogens (tertiary/aromatic N) is 2. The first kappa shape index (κ1) is 14.6. The van der Waals surface area contributed by atoms with Gasteiger partial charge in [-0.1, -0.05) is 12.1 Å². The summed E-state index contributed by atoms with van der Waals surface area (Å²) in [6.45, 7) is 0. The highest BCUT2D eigenvalue weighted by Gasteiger charge is 2.30. The molecule has 3 nitrogen and oxygen atoms in total. The number of alkyl halides is 3. The van der Waals surface area contributed by atoms with E-state index >= 15 is 0 Å². The van der Waals surface area contributed by atoms with E-state index in [0.717, 1.165) is 23.3 Å². The number of rotatable bonds is 4. The van der Waals surface area contributed by atoms with E-state index in [1.54, 1.807) is 10.9 Å². The van der Waals surface area contributed by atoms with E-state index in [2.05, 4.69) is 10.4 Å². The molecule has 1 unspecified atom stereocenters. The average Bonchev–Trinajstić information content (AvgIpc) is 2.82. The zero-order chi connectivity index (χ0) is 14.8. The fourth-order valence-electron chi connectivity index (χ4n) is 2.07. The molecule has 0 radical (unpaired) electrons. The van der Waals surface area contributed by atoms with Crippen LogP contribution < -0.4 is 5.32 Å². The maximum atomic E-state index is 12.5. The van der Waals surface area contributed by atoms with E-state index in [-0.39, 0.29) is 6.04 Å². The van der Waals surface area contributed by atoms with Crippen molar-refractivity contribution in [1.29, 1.82) is 0 Å². The Hall–Kier alpha value is -1.82. The molecule has 0 aliphatic heterocycles. The van der Waals surface area contributed by atoms with Crippen LogP contribution in [0.1, 0.15) is 22.7 Å². The number of hydrogen-bond donors (Lipinski definition) is 1. The summed E-state index contributed by atoms with van der Waals surface area (Å²) in [7, 11) is 3.65. The van der Waals surface area contributed by atoms with Crippen molar-refractivity contribution in [3.8, 4) is 0 Å². The third kappa shape index (κ3) is 3.39. The van der Waals surface area contributed by atoms with Crippen LogP contribution in [0.2, 0.25) is 0 Å². The van der Waals surface area contributed by atoms with Crippen molar-refractivity contribution in [2.45, 2.75) is 18.6 Å². The van der Waals surface area contributed by atoms with Crippen molar-refractivity contribution in [2.24, 2.45) is 7.05 Å². The van der Waals surface area contributed by atoms with Crippen molar-refractivity contribution in [3.63, 3.8) is 0 Å². The summed E-state index contributed by atoms with van der Waals surface area (Å²) < 4.78 is 39.2. The monoisotopic (exact) mass is 283 g/mol. The largest absolute Gasteiger partial charge is 0.416 e. The first-order chi connectivity index (χ1) is 9.40. The number of halogens is 3. The molecule has 2 aromatic rings. The summed E-state index contributed by atoms with van der Waals surface area (Å²) in [6.07, 6.45) is -0.0267. The van der Waals surface area contributed by atoms with Crippen LogP contribution in [0.25, 0.3) is 0 Å². The summed E-state index contributed by atoms with van der Waals surface area (Å²) in [5, 5.41) is 7.25. The van der Waals surface area contributed by atoms with Crippen LogP contribution in [-0.2, 0) is 19.6 Å². The van der Waals surface area contributed by atoms with Crippen molar-refractivity contribution in [3.05, 3.63) is 53.3 Å². The summed E-state index contributed by atoms with van der Waals surface area (Å²) in [5.41, 5.74) is 1.24. The highest BCUT2D eigenvalue weighted by atomic mass is 19.4. The van der Waals surface area contributed by atoms with Gasteiger partial charge in [0.2, 0.25) is 0 Å². The maximum absolute atomic E-state index is 12.5. The maximum Gasteiger partial charge on any atom is 0.416 e. The zero-order valence-electron chi connectivity index (χ0n) is 11.3. The predicted octanol–water partition coefficient (Wildman–Crippen LogP) is 2.94. The van der Waals surface area contributed by atoms with E-state index in [1.807, 2.05) is 20.3 Å². The SMILES string of the molecule is CNC(Cc1ccc(C(F)(F)F)cc1)c1cnn(C)c1. The minimum atomic E-state index is -4.29. The molecule has 1 aromatic heterocycles. The van der Waals surface area contributed by atoms with Gasteiger partial charge in [0.15, 0.2) is 0 Å². The van der Waals surface area contributed by atoms with E-state index in [9.17, 15) is 13.2 Å². The molecule has 1 heterocycles. The summed E-state index contributed by atoms with van der Waals surface area (Å²) in [6, 6.07) is 5.30. The molecular weight excluding hydrogens is 267 g/mol. The minimum Gasteiger partial charge on any atom is -0.313 e. The number of aromatic nitrogens is 2. The number of benzene rings is 1. The topological polar surface area (TPSA) is 29.9 Å². The Kier molecular flexibility index (Phi) is 4.13. The second kappa shape index (κ2) is 5.66. The first-order valence-corrected chi connectivity index (χ1v) is 6.22. The van der Waals surface area contributed by atoms with Gasteiger partial charge >= 0.3 is 6.18 Å². The standard InChI is InChI=1S/C14H16F3N3/c1-18-13(11-8-19-20(2)9-11)7-10-3-5-12(6-4-10)14(15,16)17/h3-6,8-9,13,18H,7H2,1-2H3. The fraction of sp³-hybridized carbons (Fsp3) is 0.357. The number of aryl methyl sites for hydroxylation is 1. The van der Waals surface area contributed by atoms with Crippen LogP contribution in [0, 0.1) is 0 Å². The summed E-state index contributed by atoms with van der Waals surface area (Å²) >= 11 is 0. The smallest absolute Gasteiger partial charge is 0.313 e. The van der Waals surface area contributed by atoms with Gasteiger partial charge in [-0.15, -0.1) is 0 Å². The molecule has 2 rings (SSSR count). The highest BCUT2D eigenvalue weighted by molar-refractivity contribution is 5.26. The lowest BCUT2D eigenvalue weighted by Crippen LogP contribution is -2.18. The number of nitrogens with one attached hydrogen (secondary N) is 1. The molecule has 0 saturated heterocycles. The van der Waals surface area contributed by atoms with Crippen LogP contribution in [0.5, 0.6) is 0 Å². The molecule has 108 valence electrons. The van der Waals surface area contributed by atoms with Gasteiger partial charge in [-0.2, -0.15) is 18.3 Å². The minimum absolute atomic E-state index is 0.0282. The lowest BCUT2D eigenvalue weighted by molar-refractivity contribution is -0.137. The molecule has 0 amide bonds. The van der Waals surface area contributed by atoms with Gasteiger partial charge in [-0.3, -0.25) is 4.68 Å². The van der Waals surface area contributed by atoms with Crippen LogP contribution in [0.4, 0.5) is 13.2 Å². The average molecular weight is 283 g/mol. The second-order valence-corrected chi connectivity index (χ2v) is 4.69. The lowest BCUT2D eigenvalue weighted by atomic mass is 10.0. The van der Waals surface area contributed by atoms with Crippen molar-refractivity contribution in [1.82, 2.24) is 15.1 Å². The Morgan fingerprint density at radius 3 is 2.35 bits per heavy atom. The van der Waals surface area contributed by atoms with Gasteiger partial charge in [-0.25, -0.2) is 0 Å². The van der Waals surface area contributed by atoms with Gasteiger partial charge < -0.3 is 5.32 Å². The van der Waals surface area contributed by atoms with Gasteiger partial charge in [0.05, 0.1) is 11.8 Å². The molecule has 0 aliphatic carbocycles. The van der Waals surface area contributed by atoms with E-state index in [0.29, 0.717) is 6.42 Å². The van der Waals surface area contributed by atoms with Gasteiger partial charge in [-0.05, 0) is 31.2 Å². The Morgan fingerprint density at radius 1 is 1.25 bits per heavy atom. The molecule has 20 heavy (non-hydrogen) atoms. The normalized spacial score (nSPS) is 13.4. The third-order valence-electron chi connectivity index (χ3n) is 3.20. The molecule has 1 atom stereocenters. The van der Waals surface area contributed by atoms with Crippen LogP contribution in [0.3, 0.4) is 0 Å². The highest BCUT2D eigenvalue weighted by Crippen LogP contribution is 2.29. The lowest BCUT2D eigenvalue weighted by Gasteiger charge is -2.15. The number of hydrogen-bond acceptors (Lipinski definition) is 2. The molecule has 1 N–H and O–H groups in total. The Bertz CT molecular complexity index is 558. The Balaban J connectivity index is 2.12. The Labute approximate surface area is 115 Å². The summed E-state index contributed by atoms with van der Waals surface area (Å²) in [4.78, 5) is 0. The predicted molar refractivity (Wildman–Crippen MR) is 70.2 cm³/mol. The Morgan fingerprint density at radius 2 is 1.90 bits per heavy atom. The van der Waals surface area contributed by atoms with E-state index < -0.39 is 11.7 Å². The fourth-order valence-corrected chi connectivity index (χ4v) is 2.07. The molecule has 0 spiro atoms. The van der Waals surface area contributed by atoms with Crippen molar-refractivity contribution in [2.75, 3.05) is 7.05 Å². The molecule has 1 aromatic carbocycles.